The van der Waals surface area contributed by atoms with Crippen molar-refractivity contribution in [3.05, 3.63) is 65.6 Å². The third-order valence-electron chi connectivity index (χ3n) is 6.49. The number of benzene rings is 1. The SMILES string of the molecule is COc1ncnc(C2CC2)c1-c1ncc2[nH]c(=N)n(Cc3ccc(-c4nc(C(F)(F)F)cn4C)cc3)c2n1. The number of rotatable bonds is 6. The molecule has 0 atom stereocenters. The van der Waals surface area contributed by atoms with Gasteiger partial charge in [0.1, 0.15) is 23.2 Å². The van der Waals surface area contributed by atoms with Crippen molar-refractivity contribution in [3.8, 4) is 28.7 Å². The quantitative estimate of drug-likeness (QED) is 0.348. The normalized spacial score (nSPS) is 13.8. The highest BCUT2D eigenvalue weighted by Crippen LogP contribution is 2.44. The number of nitrogens with zero attached hydrogens (tertiary/aromatic N) is 7. The summed E-state index contributed by atoms with van der Waals surface area (Å²) >= 11 is 0. The third-order valence-corrected chi connectivity index (χ3v) is 6.49. The summed E-state index contributed by atoms with van der Waals surface area (Å²) in [4.78, 5) is 24.7. The molecular weight excluding hydrogens is 499 g/mol. The Balaban J connectivity index is 1.35. The zero-order valence-electron chi connectivity index (χ0n) is 20.4. The van der Waals surface area contributed by atoms with E-state index in [9.17, 15) is 13.2 Å². The van der Waals surface area contributed by atoms with Gasteiger partial charge in [0.25, 0.3) is 0 Å². The molecule has 38 heavy (non-hydrogen) atoms. The minimum atomic E-state index is -4.51. The predicted octanol–water partition coefficient (Wildman–Crippen LogP) is 4.05. The summed E-state index contributed by atoms with van der Waals surface area (Å²) in [5.74, 6) is 1.34. The van der Waals surface area contributed by atoms with Crippen LogP contribution >= 0.6 is 0 Å². The number of ether oxygens (including phenoxy) is 1. The lowest BCUT2D eigenvalue weighted by atomic mass is 10.1. The number of imidazole rings is 2. The van der Waals surface area contributed by atoms with Gasteiger partial charge in [-0.05, 0) is 18.4 Å². The highest BCUT2D eigenvalue weighted by atomic mass is 19.4. The van der Waals surface area contributed by atoms with Crippen LogP contribution < -0.4 is 10.4 Å². The van der Waals surface area contributed by atoms with E-state index in [4.69, 9.17) is 15.1 Å². The minimum absolute atomic E-state index is 0.133. The first-order chi connectivity index (χ1) is 18.2. The van der Waals surface area contributed by atoms with Gasteiger partial charge in [0.15, 0.2) is 17.2 Å². The second kappa shape index (κ2) is 8.78. The molecule has 1 aliphatic rings. The van der Waals surface area contributed by atoms with Gasteiger partial charge in [0.05, 0.1) is 25.5 Å². The molecule has 5 aromatic rings. The first kappa shape index (κ1) is 23.8. The Morgan fingerprint density at radius 2 is 1.87 bits per heavy atom. The standard InChI is InChI=1S/C25H22F3N9O/c1-36-11-17(25(26,27)28)34-21(36)15-5-3-13(4-6-15)10-37-22-16(33-24(37)29)9-30-20(35-22)18-19(14-7-8-14)31-12-32-23(18)38-2/h3-6,9,11-12,14H,7-8,10H2,1-2H3,(H2,29,33). The molecule has 13 heteroatoms. The van der Waals surface area contributed by atoms with Crippen LogP contribution in [0, 0.1) is 5.41 Å². The highest BCUT2D eigenvalue weighted by molar-refractivity contribution is 5.75. The summed E-state index contributed by atoms with van der Waals surface area (Å²) in [7, 11) is 3.07. The number of halogens is 3. The molecule has 1 saturated carbocycles. The van der Waals surface area contributed by atoms with Gasteiger partial charge < -0.3 is 14.3 Å². The molecule has 0 unspecified atom stereocenters. The molecule has 4 aromatic heterocycles. The van der Waals surface area contributed by atoms with Crippen molar-refractivity contribution in [2.45, 2.75) is 31.5 Å². The number of H-pyrrole nitrogens is 1. The smallest absolute Gasteiger partial charge is 0.434 e. The van der Waals surface area contributed by atoms with E-state index in [0.29, 0.717) is 46.5 Å². The molecule has 2 N–H and O–H groups in total. The number of aromatic nitrogens is 8. The molecule has 1 fully saturated rings. The summed E-state index contributed by atoms with van der Waals surface area (Å²) in [6.45, 7) is 0.307. The van der Waals surface area contributed by atoms with Gasteiger partial charge in [-0.3, -0.25) is 9.98 Å². The molecular formula is C25H22F3N9O. The van der Waals surface area contributed by atoms with Crippen molar-refractivity contribution >= 4 is 11.2 Å². The van der Waals surface area contributed by atoms with Gasteiger partial charge in [-0.1, -0.05) is 24.3 Å². The topological polar surface area (TPSA) is 123 Å². The Kier molecular flexibility index (Phi) is 5.51. The fourth-order valence-electron chi connectivity index (χ4n) is 4.47. The fourth-order valence-corrected chi connectivity index (χ4v) is 4.47. The second-order valence-electron chi connectivity index (χ2n) is 9.16. The van der Waals surface area contributed by atoms with Gasteiger partial charge in [0.2, 0.25) is 11.5 Å². The molecule has 0 amide bonds. The highest BCUT2D eigenvalue weighted by Gasteiger charge is 2.34. The first-order valence-corrected chi connectivity index (χ1v) is 11.8. The van der Waals surface area contributed by atoms with Crippen LogP contribution in [0.25, 0.3) is 33.9 Å². The Bertz CT molecular complexity index is 1710. The molecule has 0 spiro atoms. The third kappa shape index (κ3) is 4.19. The van der Waals surface area contributed by atoms with Crippen molar-refractivity contribution in [2.24, 2.45) is 7.05 Å². The van der Waals surface area contributed by atoms with E-state index < -0.39 is 11.9 Å². The van der Waals surface area contributed by atoms with Crippen LogP contribution in [0.1, 0.15) is 35.7 Å². The fraction of sp³-hybridized carbons (Fsp3) is 0.280. The maximum absolute atomic E-state index is 13.1. The number of alkyl halides is 3. The monoisotopic (exact) mass is 521 g/mol. The maximum Gasteiger partial charge on any atom is 0.434 e. The molecule has 4 heterocycles. The molecule has 10 nitrogen and oxygen atoms in total. The number of aryl methyl sites for hydroxylation is 1. The van der Waals surface area contributed by atoms with E-state index in [1.807, 2.05) is 0 Å². The average molecular weight is 522 g/mol. The largest absolute Gasteiger partial charge is 0.480 e. The van der Waals surface area contributed by atoms with Gasteiger partial charge in [-0.25, -0.2) is 24.9 Å². The Morgan fingerprint density at radius 3 is 2.53 bits per heavy atom. The van der Waals surface area contributed by atoms with Crippen LogP contribution in [0.4, 0.5) is 13.2 Å². The van der Waals surface area contributed by atoms with Crippen LogP contribution in [0.15, 0.2) is 43.0 Å². The van der Waals surface area contributed by atoms with E-state index in [1.165, 1.54) is 25.1 Å². The summed E-state index contributed by atoms with van der Waals surface area (Å²) < 4.78 is 47.7. The van der Waals surface area contributed by atoms with E-state index in [-0.39, 0.29) is 11.4 Å². The zero-order valence-corrected chi connectivity index (χ0v) is 20.4. The molecule has 0 aliphatic heterocycles. The van der Waals surface area contributed by atoms with E-state index in [0.717, 1.165) is 30.3 Å². The molecule has 0 bridgehead atoms. The lowest BCUT2D eigenvalue weighted by Crippen LogP contribution is -2.18. The zero-order chi connectivity index (χ0) is 26.6. The Labute approximate surface area is 213 Å². The summed E-state index contributed by atoms with van der Waals surface area (Å²) in [5, 5.41) is 8.46. The van der Waals surface area contributed by atoms with Crippen LogP contribution in [0.3, 0.4) is 0 Å². The van der Waals surface area contributed by atoms with Crippen LogP contribution in [0.2, 0.25) is 0 Å². The molecule has 0 saturated heterocycles. The molecule has 1 aromatic carbocycles. The number of methoxy groups -OCH3 is 1. The van der Waals surface area contributed by atoms with E-state index >= 15 is 0 Å². The number of aromatic amines is 1. The lowest BCUT2D eigenvalue weighted by molar-refractivity contribution is -0.140. The van der Waals surface area contributed by atoms with Crippen molar-refractivity contribution < 1.29 is 17.9 Å². The van der Waals surface area contributed by atoms with Gasteiger partial charge in [-0.15, -0.1) is 0 Å². The summed E-state index contributed by atoms with van der Waals surface area (Å²) in [6.07, 6.45) is 1.62. The number of nitrogens with one attached hydrogen (secondary N) is 2. The summed E-state index contributed by atoms with van der Waals surface area (Å²) in [6, 6.07) is 7.02. The van der Waals surface area contributed by atoms with Crippen molar-refractivity contribution in [1.29, 1.82) is 5.41 Å². The molecule has 194 valence electrons. The van der Waals surface area contributed by atoms with Gasteiger partial charge in [-0.2, -0.15) is 13.2 Å². The van der Waals surface area contributed by atoms with Crippen LogP contribution in [-0.4, -0.2) is 46.1 Å². The number of fused-ring (bicyclic) bond motifs is 1. The molecule has 0 radical (unpaired) electrons. The van der Waals surface area contributed by atoms with Gasteiger partial charge >= 0.3 is 6.18 Å². The Morgan fingerprint density at radius 1 is 1.11 bits per heavy atom. The van der Waals surface area contributed by atoms with Crippen LogP contribution in [-0.2, 0) is 19.8 Å². The first-order valence-electron chi connectivity index (χ1n) is 11.8. The van der Waals surface area contributed by atoms with E-state index in [1.54, 1.807) is 35.0 Å². The Hall–Kier alpha value is -4.55. The van der Waals surface area contributed by atoms with Gasteiger partial charge in [0, 0.05) is 24.7 Å². The number of hydrogen-bond acceptors (Lipinski definition) is 7. The average Bonchev–Trinajstić information content (AvgIpc) is 3.60. The van der Waals surface area contributed by atoms with Crippen molar-refractivity contribution in [2.75, 3.05) is 7.11 Å². The molecule has 1 aliphatic carbocycles. The van der Waals surface area contributed by atoms with Crippen molar-refractivity contribution in [3.63, 3.8) is 0 Å². The summed E-state index contributed by atoms with van der Waals surface area (Å²) in [5.41, 5.74) is 3.19. The van der Waals surface area contributed by atoms with E-state index in [2.05, 4.69) is 24.9 Å². The lowest BCUT2D eigenvalue weighted by Gasteiger charge is -2.11. The molecule has 6 rings (SSSR count). The van der Waals surface area contributed by atoms with Crippen molar-refractivity contribution in [1.82, 2.24) is 39.0 Å². The predicted molar refractivity (Wildman–Crippen MR) is 130 cm³/mol. The second-order valence-corrected chi connectivity index (χ2v) is 9.16. The minimum Gasteiger partial charge on any atom is -0.480 e. The van der Waals surface area contributed by atoms with Crippen LogP contribution in [0.5, 0.6) is 5.88 Å². The number of hydrogen-bond donors (Lipinski definition) is 2. The maximum atomic E-state index is 13.1.